The number of nitrogens with one attached hydrogen (secondary N) is 2. The van der Waals surface area contributed by atoms with Gasteiger partial charge in [-0.3, -0.25) is 14.9 Å². The van der Waals surface area contributed by atoms with E-state index in [9.17, 15) is 14.9 Å². The summed E-state index contributed by atoms with van der Waals surface area (Å²) < 4.78 is 0. The molecule has 0 radical (unpaired) electrons. The third-order valence-corrected chi connectivity index (χ3v) is 4.83. The zero-order valence-electron chi connectivity index (χ0n) is 14.6. The molecule has 0 unspecified atom stereocenters. The second-order valence-electron chi connectivity index (χ2n) is 6.63. The summed E-state index contributed by atoms with van der Waals surface area (Å²) in [6, 6.07) is 3.51. The summed E-state index contributed by atoms with van der Waals surface area (Å²) >= 11 is 0. The molecule has 0 bridgehead atoms. The van der Waals surface area contributed by atoms with E-state index in [0.717, 1.165) is 24.0 Å². The number of anilines is 1. The fourth-order valence-corrected chi connectivity index (χ4v) is 3.19. The molecule has 6 heteroatoms. The average Bonchev–Trinajstić information content (AvgIpc) is 2.50. The molecule has 2 N–H and O–H groups in total. The van der Waals surface area contributed by atoms with Crippen molar-refractivity contribution in [2.45, 2.75) is 64.8 Å². The highest BCUT2D eigenvalue weighted by Crippen LogP contribution is 2.30. The van der Waals surface area contributed by atoms with Crippen molar-refractivity contribution >= 4 is 17.3 Å². The van der Waals surface area contributed by atoms with Crippen LogP contribution in [0.1, 0.15) is 56.1 Å². The largest absolute Gasteiger partial charge is 0.319 e. The first-order valence-electron chi connectivity index (χ1n) is 8.77. The van der Waals surface area contributed by atoms with Crippen LogP contribution in [0.25, 0.3) is 0 Å². The van der Waals surface area contributed by atoms with Crippen LogP contribution >= 0.6 is 0 Å². The third-order valence-electron chi connectivity index (χ3n) is 4.83. The van der Waals surface area contributed by atoms with Crippen molar-refractivity contribution in [3.05, 3.63) is 33.4 Å². The predicted molar refractivity (Wildman–Crippen MR) is 95.3 cm³/mol. The maximum atomic E-state index is 12.3. The molecular weight excluding hydrogens is 306 g/mol. The number of rotatable bonds is 5. The first kappa shape index (κ1) is 18.4. The Morgan fingerprint density at radius 3 is 2.42 bits per heavy atom. The molecule has 132 valence electrons. The van der Waals surface area contributed by atoms with Gasteiger partial charge in [-0.25, -0.2) is 0 Å². The zero-order chi connectivity index (χ0) is 17.5. The second-order valence-corrected chi connectivity index (χ2v) is 6.63. The van der Waals surface area contributed by atoms with Gasteiger partial charge >= 0.3 is 0 Å². The van der Waals surface area contributed by atoms with Gasteiger partial charge in [-0.2, -0.15) is 0 Å². The van der Waals surface area contributed by atoms with E-state index < -0.39 is 4.92 Å². The number of nitrogens with zero attached hydrogens (tertiary/aromatic N) is 1. The maximum absolute atomic E-state index is 12.3. The van der Waals surface area contributed by atoms with Gasteiger partial charge < -0.3 is 10.6 Å². The highest BCUT2D eigenvalue weighted by molar-refractivity contribution is 5.95. The third kappa shape index (κ3) is 5.03. The Morgan fingerprint density at radius 1 is 1.17 bits per heavy atom. The quantitative estimate of drug-likeness (QED) is 0.633. The van der Waals surface area contributed by atoms with Crippen LogP contribution < -0.4 is 10.6 Å². The Bertz CT molecular complexity index is 593. The number of nitro benzene ring substituents is 1. The van der Waals surface area contributed by atoms with Gasteiger partial charge in [-0.05, 0) is 37.8 Å². The van der Waals surface area contributed by atoms with E-state index in [1.165, 1.54) is 38.2 Å². The predicted octanol–water partition coefficient (Wildman–Crippen LogP) is 3.85. The number of aryl methyl sites for hydroxylation is 1. The van der Waals surface area contributed by atoms with Gasteiger partial charge in [0.05, 0.1) is 11.5 Å². The van der Waals surface area contributed by atoms with Crippen molar-refractivity contribution in [2.75, 3.05) is 11.9 Å². The number of nitro groups is 1. The molecule has 1 saturated carbocycles. The molecule has 24 heavy (non-hydrogen) atoms. The van der Waals surface area contributed by atoms with Gasteiger partial charge in [0.25, 0.3) is 5.69 Å². The van der Waals surface area contributed by atoms with E-state index in [1.807, 2.05) is 6.92 Å². The molecule has 2 rings (SSSR count). The average molecular weight is 333 g/mol. The highest BCUT2D eigenvalue weighted by atomic mass is 16.6. The van der Waals surface area contributed by atoms with Gasteiger partial charge in [0, 0.05) is 12.1 Å². The van der Waals surface area contributed by atoms with Gasteiger partial charge in [0.15, 0.2) is 0 Å². The van der Waals surface area contributed by atoms with Crippen LogP contribution in [0.15, 0.2) is 12.1 Å². The summed E-state index contributed by atoms with van der Waals surface area (Å²) in [5, 5.41) is 17.2. The topological polar surface area (TPSA) is 84.3 Å². The molecule has 0 spiro atoms. The lowest BCUT2D eigenvalue weighted by Gasteiger charge is -2.21. The van der Waals surface area contributed by atoms with Crippen LogP contribution in [-0.2, 0) is 4.79 Å². The summed E-state index contributed by atoms with van der Waals surface area (Å²) in [6.07, 6.45) is 8.42. The van der Waals surface area contributed by atoms with Crippen molar-refractivity contribution in [3.63, 3.8) is 0 Å². The normalized spacial score (nSPS) is 16.2. The number of carbonyl (C=O) groups excluding carboxylic acids is 1. The van der Waals surface area contributed by atoms with Crippen LogP contribution in [0, 0.1) is 24.0 Å². The summed E-state index contributed by atoms with van der Waals surface area (Å²) in [7, 11) is 0. The summed E-state index contributed by atoms with van der Waals surface area (Å²) in [6.45, 7) is 3.86. The van der Waals surface area contributed by atoms with Crippen molar-refractivity contribution in [3.8, 4) is 0 Å². The molecule has 0 heterocycles. The van der Waals surface area contributed by atoms with Gasteiger partial charge in [-0.15, -0.1) is 0 Å². The second kappa shape index (κ2) is 8.78. The Hall–Kier alpha value is -1.95. The minimum Gasteiger partial charge on any atom is -0.319 e. The van der Waals surface area contributed by atoms with E-state index in [4.69, 9.17) is 0 Å². The molecule has 1 amide bonds. The van der Waals surface area contributed by atoms with E-state index in [2.05, 4.69) is 10.6 Å². The molecule has 0 saturated heterocycles. The molecule has 0 aromatic heterocycles. The van der Waals surface area contributed by atoms with Crippen LogP contribution in [0.4, 0.5) is 11.4 Å². The molecule has 0 atom stereocenters. The number of hydrogen-bond acceptors (Lipinski definition) is 4. The van der Waals surface area contributed by atoms with E-state index in [1.54, 1.807) is 13.0 Å². The zero-order valence-corrected chi connectivity index (χ0v) is 14.6. The van der Waals surface area contributed by atoms with Crippen molar-refractivity contribution in [2.24, 2.45) is 0 Å². The Balaban J connectivity index is 1.97. The summed E-state index contributed by atoms with van der Waals surface area (Å²) in [5.74, 6) is -0.228. The van der Waals surface area contributed by atoms with Gasteiger partial charge in [-0.1, -0.05) is 38.2 Å². The molecule has 1 aromatic carbocycles. The van der Waals surface area contributed by atoms with Crippen molar-refractivity contribution in [1.82, 2.24) is 5.32 Å². The minimum atomic E-state index is -0.454. The van der Waals surface area contributed by atoms with E-state index in [-0.39, 0.29) is 18.1 Å². The maximum Gasteiger partial charge on any atom is 0.293 e. The number of carbonyl (C=O) groups is 1. The van der Waals surface area contributed by atoms with Crippen molar-refractivity contribution in [1.29, 1.82) is 0 Å². The van der Waals surface area contributed by atoms with Gasteiger partial charge in [0.2, 0.25) is 5.91 Å². The number of amides is 1. The monoisotopic (exact) mass is 333 g/mol. The fraction of sp³-hybridized carbons (Fsp3) is 0.611. The molecule has 1 fully saturated rings. The number of benzene rings is 1. The molecule has 1 aliphatic rings. The van der Waals surface area contributed by atoms with E-state index >= 15 is 0 Å². The lowest BCUT2D eigenvalue weighted by Crippen LogP contribution is -2.36. The molecule has 6 nitrogen and oxygen atoms in total. The Kier molecular flexibility index (Phi) is 6.73. The SMILES string of the molecule is Cc1ccc([N+](=O)[O-])c(NC(=O)CNC2CCCCCCC2)c1C. The highest BCUT2D eigenvalue weighted by Gasteiger charge is 2.20. The first-order chi connectivity index (χ1) is 11.5. The van der Waals surface area contributed by atoms with Crippen LogP contribution in [0.2, 0.25) is 0 Å². The smallest absolute Gasteiger partial charge is 0.293 e. The summed E-state index contributed by atoms with van der Waals surface area (Å²) in [5.41, 5.74) is 1.91. The molecule has 0 aliphatic heterocycles. The fourth-order valence-electron chi connectivity index (χ4n) is 3.19. The lowest BCUT2D eigenvalue weighted by atomic mass is 9.97. The molecule has 1 aliphatic carbocycles. The minimum absolute atomic E-state index is 0.0580. The standard InChI is InChI=1S/C18H27N3O3/c1-13-10-11-16(21(23)24)18(14(13)2)20-17(22)12-19-15-8-6-4-3-5-7-9-15/h10-11,15,19H,3-9,12H2,1-2H3,(H,20,22). The Labute approximate surface area is 143 Å². The number of hydrogen-bond donors (Lipinski definition) is 2. The van der Waals surface area contributed by atoms with Crippen LogP contribution in [-0.4, -0.2) is 23.4 Å². The van der Waals surface area contributed by atoms with Crippen LogP contribution in [0.3, 0.4) is 0 Å². The molecule has 1 aromatic rings. The first-order valence-corrected chi connectivity index (χ1v) is 8.77. The Morgan fingerprint density at radius 2 is 1.79 bits per heavy atom. The lowest BCUT2D eigenvalue weighted by molar-refractivity contribution is -0.384. The van der Waals surface area contributed by atoms with Crippen LogP contribution in [0.5, 0.6) is 0 Å². The summed E-state index contributed by atoms with van der Waals surface area (Å²) in [4.78, 5) is 23.0. The molecular formula is C18H27N3O3. The van der Waals surface area contributed by atoms with Crippen molar-refractivity contribution < 1.29 is 9.72 Å². The van der Waals surface area contributed by atoms with E-state index in [0.29, 0.717) is 11.7 Å². The van der Waals surface area contributed by atoms with Gasteiger partial charge in [0.1, 0.15) is 5.69 Å².